The summed E-state index contributed by atoms with van der Waals surface area (Å²) in [4.78, 5) is 9.81. The van der Waals surface area contributed by atoms with E-state index in [1.54, 1.807) is 0 Å². The zero-order valence-electron chi connectivity index (χ0n) is 11.7. The highest BCUT2D eigenvalue weighted by molar-refractivity contribution is 5.57. The van der Waals surface area contributed by atoms with Crippen LogP contribution in [-0.2, 0) is 6.18 Å². The van der Waals surface area contributed by atoms with E-state index in [4.69, 9.17) is 0 Å². The Hall–Kier alpha value is -1.79. The summed E-state index contributed by atoms with van der Waals surface area (Å²) >= 11 is 0. The molecule has 1 aromatic carbocycles. The molecule has 2 rings (SSSR count). The molecule has 0 aliphatic heterocycles. The fourth-order valence-corrected chi connectivity index (χ4v) is 2.75. The Morgan fingerprint density at radius 3 is 2.48 bits per heavy atom. The van der Waals surface area contributed by atoms with Crippen LogP contribution in [0, 0.1) is 15.5 Å². The maximum absolute atomic E-state index is 13.0. The first-order valence-electron chi connectivity index (χ1n) is 6.81. The van der Waals surface area contributed by atoms with Gasteiger partial charge in [-0.1, -0.05) is 19.8 Å². The molecule has 1 N–H and O–H groups in total. The second-order valence-corrected chi connectivity index (χ2v) is 5.86. The molecular formula is C14H17F3N2O2. The molecule has 0 aromatic heterocycles. The second-order valence-electron chi connectivity index (χ2n) is 5.86. The average Bonchev–Trinajstić information content (AvgIpc) is 2.82. The van der Waals surface area contributed by atoms with Crippen LogP contribution in [0.15, 0.2) is 18.2 Å². The first-order chi connectivity index (χ1) is 9.71. The molecule has 1 aromatic rings. The van der Waals surface area contributed by atoms with Crippen LogP contribution in [-0.4, -0.2) is 11.5 Å². The Bertz CT molecular complexity index is 538. The molecule has 0 amide bonds. The van der Waals surface area contributed by atoms with Crippen LogP contribution in [0.2, 0.25) is 0 Å². The average molecular weight is 302 g/mol. The van der Waals surface area contributed by atoms with Crippen molar-refractivity contribution >= 4 is 11.4 Å². The fourth-order valence-electron chi connectivity index (χ4n) is 2.75. The van der Waals surface area contributed by atoms with E-state index in [9.17, 15) is 23.3 Å². The Labute approximate surface area is 120 Å². The van der Waals surface area contributed by atoms with Gasteiger partial charge in [-0.25, -0.2) is 0 Å². The maximum atomic E-state index is 13.0. The molecule has 0 spiro atoms. The van der Waals surface area contributed by atoms with E-state index in [2.05, 4.69) is 5.32 Å². The molecule has 1 aliphatic rings. The van der Waals surface area contributed by atoms with E-state index < -0.39 is 22.4 Å². The van der Waals surface area contributed by atoms with E-state index >= 15 is 0 Å². The largest absolute Gasteiger partial charge is 0.418 e. The molecule has 0 bridgehead atoms. The zero-order valence-corrected chi connectivity index (χ0v) is 11.7. The highest BCUT2D eigenvalue weighted by Gasteiger charge is 2.36. The summed E-state index contributed by atoms with van der Waals surface area (Å²) < 4.78 is 39.1. The van der Waals surface area contributed by atoms with Crippen LogP contribution in [0.3, 0.4) is 0 Å². The predicted octanol–water partition coefficient (Wildman–Crippen LogP) is 4.61. The van der Waals surface area contributed by atoms with Crippen molar-refractivity contribution in [2.45, 2.75) is 38.8 Å². The van der Waals surface area contributed by atoms with E-state index in [0.29, 0.717) is 12.6 Å². The molecule has 0 radical (unpaired) electrons. The maximum Gasteiger partial charge on any atom is 0.418 e. The topological polar surface area (TPSA) is 55.2 Å². The summed E-state index contributed by atoms with van der Waals surface area (Å²) in [7, 11) is 0. The number of nitro groups is 1. The van der Waals surface area contributed by atoms with Gasteiger partial charge in [0.15, 0.2) is 0 Å². The number of hydrogen-bond acceptors (Lipinski definition) is 3. The number of hydrogen-bond donors (Lipinski definition) is 1. The van der Waals surface area contributed by atoms with Crippen molar-refractivity contribution in [1.29, 1.82) is 0 Å². The monoisotopic (exact) mass is 302 g/mol. The number of nitrogens with zero attached hydrogens (tertiary/aromatic N) is 1. The van der Waals surface area contributed by atoms with E-state index in [0.717, 1.165) is 37.8 Å². The molecule has 0 heterocycles. The lowest BCUT2D eigenvalue weighted by Crippen LogP contribution is -2.24. The second kappa shape index (κ2) is 5.54. The Morgan fingerprint density at radius 2 is 1.95 bits per heavy atom. The Kier molecular flexibility index (Phi) is 4.11. The van der Waals surface area contributed by atoms with Crippen molar-refractivity contribution < 1.29 is 18.1 Å². The summed E-state index contributed by atoms with van der Waals surface area (Å²) in [6.07, 6.45) is -0.483. The third-order valence-electron chi connectivity index (χ3n) is 4.04. The summed E-state index contributed by atoms with van der Waals surface area (Å²) in [6.45, 7) is 2.49. The molecule has 1 fully saturated rings. The minimum atomic E-state index is -4.62. The molecule has 116 valence electrons. The van der Waals surface area contributed by atoms with Crippen LogP contribution in [0.25, 0.3) is 0 Å². The fraction of sp³-hybridized carbons (Fsp3) is 0.571. The molecule has 21 heavy (non-hydrogen) atoms. The first-order valence-corrected chi connectivity index (χ1v) is 6.81. The number of rotatable bonds is 4. The summed E-state index contributed by atoms with van der Waals surface area (Å²) in [5.41, 5.74) is -1.65. The van der Waals surface area contributed by atoms with E-state index in [-0.39, 0.29) is 11.1 Å². The lowest BCUT2D eigenvalue weighted by molar-refractivity contribution is -0.385. The minimum absolute atomic E-state index is 0.00928. The van der Waals surface area contributed by atoms with Crippen molar-refractivity contribution in [3.8, 4) is 0 Å². The minimum Gasteiger partial charge on any atom is -0.384 e. The molecule has 1 saturated carbocycles. The van der Waals surface area contributed by atoms with Gasteiger partial charge in [0.2, 0.25) is 0 Å². The van der Waals surface area contributed by atoms with Crippen molar-refractivity contribution in [1.82, 2.24) is 0 Å². The van der Waals surface area contributed by atoms with Gasteiger partial charge < -0.3 is 5.32 Å². The van der Waals surface area contributed by atoms with Crippen molar-refractivity contribution in [2.75, 3.05) is 11.9 Å². The number of anilines is 1. The summed E-state index contributed by atoms with van der Waals surface area (Å²) in [5, 5.41) is 13.5. The van der Waals surface area contributed by atoms with Crippen LogP contribution in [0.1, 0.15) is 38.2 Å². The first kappa shape index (κ1) is 15.6. The third kappa shape index (κ3) is 3.65. The van der Waals surface area contributed by atoms with Gasteiger partial charge >= 0.3 is 6.18 Å². The molecule has 1 aliphatic carbocycles. The van der Waals surface area contributed by atoms with Crippen LogP contribution >= 0.6 is 0 Å². The lowest BCUT2D eigenvalue weighted by atomic mass is 9.89. The summed E-state index contributed by atoms with van der Waals surface area (Å²) in [5.74, 6) is 0. The number of nitro benzene ring substituents is 1. The molecular weight excluding hydrogens is 285 g/mol. The molecule has 0 atom stereocenters. The van der Waals surface area contributed by atoms with Crippen LogP contribution in [0.4, 0.5) is 24.5 Å². The van der Waals surface area contributed by atoms with Crippen molar-refractivity contribution in [2.24, 2.45) is 5.41 Å². The molecule has 0 saturated heterocycles. The lowest BCUT2D eigenvalue weighted by Gasteiger charge is -2.25. The van der Waals surface area contributed by atoms with Gasteiger partial charge in [0.1, 0.15) is 0 Å². The van der Waals surface area contributed by atoms with Crippen LogP contribution < -0.4 is 5.32 Å². The molecule has 0 unspecified atom stereocenters. The quantitative estimate of drug-likeness (QED) is 0.653. The van der Waals surface area contributed by atoms with Crippen molar-refractivity contribution in [3.05, 3.63) is 33.9 Å². The highest BCUT2D eigenvalue weighted by Crippen LogP contribution is 2.40. The zero-order chi connectivity index (χ0) is 15.7. The van der Waals surface area contributed by atoms with Crippen molar-refractivity contribution in [3.63, 3.8) is 0 Å². The number of nitrogens with one attached hydrogen (secondary N) is 1. The van der Waals surface area contributed by atoms with E-state index in [1.807, 2.05) is 6.92 Å². The molecule has 7 heteroatoms. The SMILES string of the molecule is CC1(CNc2ccc([N+](=O)[O-])cc2C(F)(F)F)CCCC1. The number of alkyl halides is 3. The van der Waals surface area contributed by atoms with Gasteiger partial charge in [-0.3, -0.25) is 10.1 Å². The number of benzene rings is 1. The third-order valence-corrected chi connectivity index (χ3v) is 4.04. The number of non-ortho nitro benzene ring substituents is 1. The highest BCUT2D eigenvalue weighted by atomic mass is 19.4. The van der Waals surface area contributed by atoms with Gasteiger partial charge in [0.25, 0.3) is 5.69 Å². The molecule has 4 nitrogen and oxygen atoms in total. The van der Waals surface area contributed by atoms with E-state index in [1.165, 1.54) is 0 Å². The van der Waals surface area contributed by atoms with Gasteiger partial charge in [0, 0.05) is 24.4 Å². The normalized spacial score (nSPS) is 17.7. The summed E-state index contributed by atoms with van der Waals surface area (Å²) in [6, 6.07) is 2.81. The number of halogens is 3. The Balaban J connectivity index is 2.23. The van der Waals surface area contributed by atoms with Gasteiger partial charge in [0.05, 0.1) is 10.5 Å². The van der Waals surface area contributed by atoms with Gasteiger partial charge in [-0.2, -0.15) is 13.2 Å². The Morgan fingerprint density at radius 1 is 1.33 bits per heavy atom. The van der Waals surface area contributed by atoms with Gasteiger partial charge in [-0.05, 0) is 24.3 Å². The van der Waals surface area contributed by atoms with Crippen LogP contribution in [0.5, 0.6) is 0 Å². The van der Waals surface area contributed by atoms with Gasteiger partial charge in [-0.15, -0.1) is 0 Å². The standard InChI is InChI=1S/C14H17F3N2O2/c1-13(6-2-3-7-13)9-18-12-5-4-10(19(20)21)8-11(12)14(15,16)17/h4-5,8,18H,2-3,6-7,9H2,1H3. The smallest absolute Gasteiger partial charge is 0.384 e. The predicted molar refractivity (Wildman–Crippen MR) is 73.2 cm³/mol.